The van der Waals surface area contributed by atoms with Gasteiger partial charge in [0.25, 0.3) is 0 Å². The fraction of sp³-hybridized carbons (Fsp3) is 0.188. The molecule has 5 nitrogen and oxygen atoms in total. The molecular formula is C16H13ClN2O3S. The Morgan fingerprint density at radius 1 is 1.35 bits per heavy atom. The molecule has 0 fully saturated rings. The van der Waals surface area contributed by atoms with Crippen LogP contribution in [0.15, 0.2) is 34.2 Å². The van der Waals surface area contributed by atoms with E-state index in [9.17, 15) is 4.79 Å². The van der Waals surface area contributed by atoms with Gasteiger partial charge in [-0.1, -0.05) is 28.9 Å². The average Bonchev–Trinajstić information content (AvgIpc) is 3.14. The van der Waals surface area contributed by atoms with Gasteiger partial charge in [0.2, 0.25) is 5.69 Å². The van der Waals surface area contributed by atoms with Crippen molar-refractivity contribution in [2.75, 3.05) is 6.61 Å². The Morgan fingerprint density at radius 2 is 2.09 bits per heavy atom. The number of carbonyl (C=O) groups is 1. The first-order valence-electron chi connectivity index (χ1n) is 6.95. The van der Waals surface area contributed by atoms with E-state index in [0.29, 0.717) is 22.0 Å². The first kappa shape index (κ1) is 15.7. The molecule has 0 aliphatic rings. The Hall–Kier alpha value is -2.18. The minimum Gasteiger partial charge on any atom is -0.461 e. The van der Waals surface area contributed by atoms with Gasteiger partial charge < -0.3 is 9.26 Å². The molecule has 7 heteroatoms. The van der Waals surface area contributed by atoms with Gasteiger partial charge >= 0.3 is 5.97 Å². The lowest BCUT2D eigenvalue weighted by Crippen LogP contribution is -2.06. The Kier molecular flexibility index (Phi) is 4.45. The summed E-state index contributed by atoms with van der Waals surface area (Å²) < 4.78 is 10.2. The third-order valence-corrected chi connectivity index (χ3v) is 4.33. The predicted octanol–water partition coefficient (Wildman–Crippen LogP) is 4.60. The minimum atomic E-state index is -0.514. The monoisotopic (exact) mass is 348 g/mol. The standard InChI is InChI=1S/C16H13ClN2O3S/c1-3-21-16(20)14-13(9(2)22-19-14)12-8-23-15(18-12)10-4-6-11(17)7-5-10/h4-8H,3H2,1-2H3. The highest BCUT2D eigenvalue weighted by molar-refractivity contribution is 7.13. The van der Waals surface area contributed by atoms with Crippen molar-refractivity contribution in [3.05, 3.63) is 46.1 Å². The molecule has 0 atom stereocenters. The molecule has 0 saturated carbocycles. The van der Waals surface area contributed by atoms with Crippen LogP contribution in [0.2, 0.25) is 5.02 Å². The lowest BCUT2D eigenvalue weighted by atomic mass is 10.1. The maximum absolute atomic E-state index is 12.0. The van der Waals surface area contributed by atoms with Crippen LogP contribution in [0.3, 0.4) is 0 Å². The third-order valence-electron chi connectivity index (χ3n) is 3.18. The molecule has 0 N–H and O–H groups in total. The number of esters is 1. The van der Waals surface area contributed by atoms with Crippen LogP contribution in [0.1, 0.15) is 23.2 Å². The van der Waals surface area contributed by atoms with E-state index in [-0.39, 0.29) is 12.3 Å². The zero-order chi connectivity index (χ0) is 16.4. The first-order valence-corrected chi connectivity index (χ1v) is 8.21. The van der Waals surface area contributed by atoms with Gasteiger partial charge in [-0.3, -0.25) is 0 Å². The summed E-state index contributed by atoms with van der Waals surface area (Å²) in [5, 5.41) is 7.17. The topological polar surface area (TPSA) is 65.2 Å². The number of carbonyl (C=O) groups excluding carboxylic acids is 1. The van der Waals surface area contributed by atoms with Gasteiger partial charge in [0.15, 0.2) is 0 Å². The van der Waals surface area contributed by atoms with E-state index in [1.807, 2.05) is 29.6 Å². The van der Waals surface area contributed by atoms with E-state index in [1.165, 1.54) is 11.3 Å². The van der Waals surface area contributed by atoms with E-state index < -0.39 is 5.97 Å². The molecule has 3 rings (SSSR count). The predicted molar refractivity (Wildman–Crippen MR) is 88.8 cm³/mol. The average molecular weight is 349 g/mol. The zero-order valence-electron chi connectivity index (χ0n) is 12.5. The van der Waals surface area contributed by atoms with E-state index >= 15 is 0 Å². The maximum atomic E-state index is 12.0. The summed E-state index contributed by atoms with van der Waals surface area (Å²) in [6.07, 6.45) is 0. The molecule has 2 aromatic heterocycles. The van der Waals surface area contributed by atoms with Gasteiger partial charge in [0, 0.05) is 16.0 Å². The molecule has 0 aliphatic carbocycles. The van der Waals surface area contributed by atoms with Gasteiger partial charge in [0.05, 0.1) is 17.9 Å². The van der Waals surface area contributed by atoms with Crippen molar-refractivity contribution in [1.82, 2.24) is 10.1 Å². The van der Waals surface area contributed by atoms with Crippen molar-refractivity contribution in [3.63, 3.8) is 0 Å². The summed E-state index contributed by atoms with van der Waals surface area (Å²) in [6, 6.07) is 7.43. The van der Waals surface area contributed by atoms with E-state index in [0.717, 1.165) is 10.6 Å². The molecule has 3 aromatic rings. The molecular weight excluding hydrogens is 336 g/mol. The van der Waals surface area contributed by atoms with Gasteiger partial charge in [-0.15, -0.1) is 11.3 Å². The summed E-state index contributed by atoms with van der Waals surface area (Å²) in [4.78, 5) is 16.6. The first-order chi connectivity index (χ1) is 11.1. The molecule has 0 unspecified atom stereocenters. The largest absolute Gasteiger partial charge is 0.461 e. The number of halogens is 1. The maximum Gasteiger partial charge on any atom is 0.361 e. The second-order valence-corrected chi connectivity index (χ2v) is 6.02. The summed E-state index contributed by atoms with van der Waals surface area (Å²) in [5.41, 5.74) is 2.32. The Balaban J connectivity index is 1.99. The molecule has 118 valence electrons. The normalized spacial score (nSPS) is 10.7. The van der Waals surface area contributed by atoms with Gasteiger partial charge in [0.1, 0.15) is 10.8 Å². The highest BCUT2D eigenvalue weighted by Crippen LogP contribution is 2.33. The summed E-state index contributed by atoms with van der Waals surface area (Å²) in [6.45, 7) is 3.76. The van der Waals surface area contributed by atoms with Crippen molar-refractivity contribution in [2.24, 2.45) is 0 Å². The molecule has 0 spiro atoms. The third kappa shape index (κ3) is 3.13. The quantitative estimate of drug-likeness (QED) is 0.644. The summed E-state index contributed by atoms with van der Waals surface area (Å²) >= 11 is 7.38. The molecule has 0 radical (unpaired) electrons. The number of hydrogen-bond acceptors (Lipinski definition) is 6. The van der Waals surface area contributed by atoms with Crippen LogP contribution < -0.4 is 0 Å². The lowest BCUT2D eigenvalue weighted by Gasteiger charge is -2.00. The van der Waals surface area contributed by atoms with Gasteiger partial charge in [-0.05, 0) is 26.0 Å². The van der Waals surface area contributed by atoms with Crippen LogP contribution in [0, 0.1) is 6.92 Å². The number of benzene rings is 1. The Morgan fingerprint density at radius 3 is 2.78 bits per heavy atom. The number of nitrogens with zero attached hydrogens (tertiary/aromatic N) is 2. The van der Waals surface area contributed by atoms with E-state index in [4.69, 9.17) is 20.9 Å². The van der Waals surface area contributed by atoms with Crippen molar-refractivity contribution >= 4 is 28.9 Å². The molecule has 0 bridgehead atoms. The molecule has 0 saturated heterocycles. The number of aryl methyl sites for hydroxylation is 1. The fourth-order valence-corrected chi connectivity index (χ4v) is 3.07. The van der Waals surface area contributed by atoms with Crippen LogP contribution in [0.5, 0.6) is 0 Å². The zero-order valence-corrected chi connectivity index (χ0v) is 14.1. The van der Waals surface area contributed by atoms with Crippen LogP contribution in [-0.2, 0) is 4.74 Å². The number of aromatic nitrogens is 2. The van der Waals surface area contributed by atoms with Crippen LogP contribution >= 0.6 is 22.9 Å². The SMILES string of the molecule is CCOC(=O)c1noc(C)c1-c1csc(-c2ccc(Cl)cc2)n1. The molecule has 2 heterocycles. The van der Waals surface area contributed by atoms with Crippen molar-refractivity contribution in [3.8, 4) is 21.8 Å². The minimum absolute atomic E-state index is 0.150. The summed E-state index contributed by atoms with van der Waals surface area (Å²) in [7, 11) is 0. The van der Waals surface area contributed by atoms with Gasteiger partial charge in [-0.2, -0.15) is 0 Å². The number of rotatable bonds is 4. The fourth-order valence-electron chi connectivity index (χ4n) is 2.13. The van der Waals surface area contributed by atoms with Crippen molar-refractivity contribution < 1.29 is 14.1 Å². The van der Waals surface area contributed by atoms with Crippen LogP contribution in [0.25, 0.3) is 21.8 Å². The van der Waals surface area contributed by atoms with Gasteiger partial charge in [-0.25, -0.2) is 9.78 Å². The molecule has 0 aliphatic heterocycles. The Bertz CT molecular complexity index is 839. The van der Waals surface area contributed by atoms with Crippen molar-refractivity contribution in [2.45, 2.75) is 13.8 Å². The molecule has 1 aromatic carbocycles. The number of ether oxygens (including phenoxy) is 1. The van der Waals surface area contributed by atoms with E-state index in [1.54, 1.807) is 13.8 Å². The number of thiazole rings is 1. The molecule has 0 amide bonds. The summed E-state index contributed by atoms with van der Waals surface area (Å²) in [5.74, 6) is 0.0152. The highest BCUT2D eigenvalue weighted by atomic mass is 35.5. The second-order valence-electron chi connectivity index (χ2n) is 4.73. The highest BCUT2D eigenvalue weighted by Gasteiger charge is 2.24. The van der Waals surface area contributed by atoms with E-state index in [2.05, 4.69) is 10.1 Å². The van der Waals surface area contributed by atoms with Crippen LogP contribution in [0.4, 0.5) is 0 Å². The van der Waals surface area contributed by atoms with Crippen molar-refractivity contribution in [1.29, 1.82) is 0 Å². The Labute approximate surface area is 141 Å². The van der Waals surface area contributed by atoms with Crippen LogP contribution in [-0.4, -0.2) is 22.7 Å². The second kappa shape index (κ2) is 6.52. The lowest BCUT2D eigenvalue weighted by molar-refractivity contribution is 0.0515. The smallest absolute Gasteiger partial charge is 0.361 e. The number of hydrogen-bond donors (Lipinski definition) is 0. The molecule has 23 heavy (non-hydrogen) atoms.